The lowest BCUT2D eigenvalue weighted by Crippen LogP contribution is -2.26. The summed E-state index contributed by atoms with van der Waals surface area (Å²) in [6.07, 6.45) is 2.38. The Morgan fingerprint density at radius 3 is 2.60 bits per heavy atom. The van der Waals surface area contributed by atoms with E-state index in [4.69, 9.17) is 0 Å². The number of nitrogens with zero attached hydrogens (tertiary/aromatic N) is 3. The maximum Gasteiger partial charge on any atom is 0.240 e. The third-order valence-corrected chi connectivity index (χ3v) is 7.05. The molecule has 0 aliphatic carbocycles. The fourth-order valence-electron chi connectivity index (χ4n) is 3.17. The van der Waals surface area contributed by atoms with E-state index in [0.29, 0.717) is 22.8 Å². The van der Waals surface area contributed by atoms with E-state index < -0.39 is 10.0 Å². The minimum Gasteiger partial charge on any atom is -0.211 e. The Balaban J connectivity index is 1.45. The van der Waals surface area contributed by atoms with Crippen LogP contribution in [0, 0.1) is 5.82 Å². The molecule has 2 aromatic carbocycles. The zero-order valence-electron chi connectivity index (χ0n) is 16.4. The van der Waals surface area contributed by atoms with Gasteiger partial charge in [0.25, 0.3) is 0 Å². The van der Waals surface area contributed by atoms with Crippen molar-refractivity contribution in [3.8, 4) is 11.4 Å². The highest BCUT2D eigenvalue weighted by molar-refractivity contribution is 7.89. The summed E-state index contributed by atoms with van der Waals surface area (Å²) < 4.78 is 43.4. The van der Waals surface area contributed by atoms with Crippen molar-refractivity contribution in [2.75, 3.05) is 6.54 Å². The van der Waals surface area contributed by atoms with E-state index in [1.165, 1.54) is 17.4 Å². The molecule has 4 rings (SSSR count). The molecule has 0 fully saturated rings. The molecule has 0 unspecified atom stereocenters. The fraction of sp³-hybridized carbons (Fsp3) is 0.238. The number of rotatable bonds is 8. The molecule has 0 spiro atoms. The minimum absolute atomic E-state index is 0.222. The fourth-order valence-corrected chi connectivity index (χ4v) is 5.06. The van der Waals surface area contributed by atoms with Gasteiger partial charge in [-0.1, -0.05) is 37.6 Å². The normalized spacial score (nSPS) is 11.9. The third-order valence-electron chi connectivity index (χ3n) is 4.71. The van der Waals surface area contributed by atoms with Gasteiger partial charge in [-0.15, -0.1) is 16.4 Å². The Labute approximate surface area is 178 Å². The summed E-state index contributed by atoms with van der Waals surface area (Å²) in [5.74, 6) is -0.0658. The van der Waals surface area contributed by atoms with Crippen molar-refractivity contribution in [3.63, 3.8) is 0 Å². The Kier molecular flexibility index (Phi) is 5.94. The predicted molar refractivity (Wildman–Crippen MR) is 116 cm³/mol. The first-order valence-corrected chi connectivity index (χ1v) is 12.0. The second-order valence-corrected chi connectivity index (χ2v) is 9.48. The zero-order valence-corrected chi connectivity index (χ0v) is 18.0. The quantitative estimate of drug-likeness (QED) is 0.444. The Bertz CT molecular complexity index is 1260. The van der Waals surface area contributed by atoms with Crippen molar-refractivity contribution in [3.05, 3.63) is 71.0 Å². The number of benzene rings is 2. The number of fused-ring (bicyclic) bond motifs is 1. The molecule has 0 atom stereocenters. The van der Waals surface area contributed by atoms with Crippen molar-refractivity contribution in [2.24, 2.45) is 0 Å². The highest BCUT2D eigenvalue weighted by atomic mass is 32.2. The van der Waals surface area contributed by atoms with E-state index in [-0.39, 0.29) is 17.3 Å². The number of aromatic nitrogens is 3. The maximum absolute atomic E-state index is 14.0. The predicted octanol–water partition coefficient (Wildman–Crippen LogP) is 4.07. The minimum atomic E-state index is -3.58. The van der Waals surface area contributed by atoms with Crippen LogP contribution in [0.2, 0.25) is 0 Å². The summed E-state index contributed by atoms with van der Waals surface area (Å²) in [6.45, 7) is 2.31. The third kappa shape index (κ3) is 4.28. The second-order valence-electron chi connectivity index (χ2n) is 6.88. The Morgan fingerprint density at radius 2 is 1.87 bits per heavy atom. The second kappa shape index (κ2) is 8.63. The van der Waals surface area contributed by atoms with Gasteiger partial charge in [-0.2, -0.15) is 4.98 Å². The van der Waals surface area contributed by atoms with Gasteiger partial charge >= 0.3 is 0 Å². The average Bonchev–Trinajstić information content (AvgIpc) is 3.31. The first-order valence-electron chi connectivity index (χ1n) is 9.64. The van der Waals surface area contributed by atoms with Crippen LogP contribution >= 0.6 is 11.3 Å². The molecule has 0 aliphatic heterocycles. The van der Waals surface area contributed by atoms with Crippen LogP contribution in [0.4, 0.5) is 4.39 Å². The van der Waals surface area contributed by atoms with Gasteiger partial charge in [0.1, 0.15) is 5.82 Å². The number of halogens is 1. The van der Waals surface area contributed by atoms with Crippen molar-refractivity contribution in [1.29, 1.82) is 0 Å². The van der Waals surface area contributed by atoms with Crippen LogP contribution in [0.5, 0.6) is 0 Å². The largest absolute Gasteiger partial charge is 0.240 e. The standard InChI is InChI=1S/C21H21FN4O2S2/c1-2-5-15-8-10-17(11-9-15)30(27,28)23-13-12-16-14-29-21-24-20(25-26(16)21)18-6-3-4-7-19(18)22/h3-4,6-11,14,23H,2,5,12-13H2,1H3. The van der Waals surface area contributed by atoms with Gasteiger partial charge in [0.05, 0.1) is 16.2 Å². The SMILES string of the molecule is CCCc1ccc(S(=O)(=O)NCCc2csc3nc(-c4ccccc4F)nn23)cc1. The molecule has 0 bridgehead atoms. The van der Waals surface area contributed by atoms with Gasteiger partial charge < -0.3 is 0 Å². The number of sulfonamides is 1. The van der Waals surface area contributed by atoms with Crippen LogP contribution in [-0.4, -0.2) is 29.6 Å². The van der Waals surface area contributed by atoms with E-state index in [1.807, 2.05) is 17.5 Å². The van der Waals surface area contributed by atoms with Crippen LogP contribution in [0.1, 0.15) is 24.6 Å². The number of hydrogen-bond donors (Lipinski definition) is 1. The molecule has 30 heavy (non-hydrogen) atoms. The lowest BCUT2D eigenvalue weighted by molar-refractivity contribution is 0.581. The van der Waals surface area contributed by atoms with Crippen LogP contribution in [-0.2, 0) is 22.9 Å². The van der Waals surface area contributed by atoms with Crippen LogP contribution in [0.15, 0.2) is 58.8 Å². The van der Waals surface area contributed by atoms with Gasteiger partial charge in [0.15, 0.2) is 5.82 Å². The zero-order chi connectivity index (χ0) is 21.1. The summed E-state index contributed by atoms with van der Waals surface area (Å²) >= 11 is 1.39. The van der Waals surface area contributed by atoms with Crippen LogP contribution in [0.25, 0.3) is 16.3 Å². The summed E-state index contributed by atoms with van der Waals surface area (Å²) in [6, 6.07) is 13.3. The van der Waals surface area contributed by atoms with E-state index in [0.717, 1.165) is 24.1 Å². The molecule has 0 saturated heterocycles. The molecule has 0 amide bonds. The van der Waals surface area contributed by atoms with E-state index >= 15 is 0 Å². The smallest absolute Gasteiger partial charge is 0.211 e. The lowest BCUT2D eigenvalue weighted by atomic mass is 10.1. The molecule has 2 aromatic heterocycles. The molecule has 2 heterocycles. The first kappa shape index (κ1) is 20.6. The number of aryl methyl sites for hydroxylation is 1. The molecular formula is C21H21FN4O2S2. The van der Waals surface area contributed by atoms with Crippen molar-refractivity contribution >= 4 is 26.3 Å². The number of thiazole rings is 1. The Hall–Kier alpha value is -2.62. The Morgan fingerprint density at radius 1 is 1.10 bits per heavy atom. The van der Waals surface area contributed by atoms with E-state index in [1.54, 1.807) is 34.8 Å². The highest BCUT2D eigenvalue weighted by Crippen LogP contribution is 2.23. The molecule has 4 aromatic rings. The first-order chi connectivity index (χ1) is 14.5. The van der Waals surface area contributed by atoms with Gasteiger partial charge in [0, 0.05) is 18.3 Å². The lowest BCUT2D eigenvalue weighted by Gasteiger charge is -2.07. The molecular weight excluding hydrogens is 423 g/mol. The highest BCUT2D eigenvalue weighted by Gasteiger charge is 2.16. The molecule has 1 N–H and O–H groups in total. The maximum atomic E-state index is 14.0. The molecule has 0 saturated carbocycles. The molecule has 0 aliphatic rings. The molecule has 9 heteroatoms. The topological polar surface area (TPSA) is 76.4 Å². The molecule has 156 valence electrons. The summed E-state index contributed by atoms with van der Waals surface area (Å²) in [5.41, 5.74) is 2.27. The van der Waals surface area contributed by atoms with Gasteiger partial charge in [-0.05, 0) is 36.2 Å². The summed E-state index contributed by atoms with van der Waals surface area (Å²) in [5, 5.41) is 6.29. The number of nitrogens with one attached hydrogen (secondary N) is 1. The summed E-state index contributed by atoms with van der Waals surface area (Å²) in [7, 11) is -3.58. The van der Waals surface area contributed by atoms with Gasteiger partial charge in [0.2, 0.25) is 15.0 Å². The molecule has 0 radical (unpaired) electrons. The van der Waals surface area contributed by atoms with Crippen molar-refractivity contribution in [1.82, 2.24) is 19.3 Å². The monoisotopic (exact) mass is 444 g/mol. The molecule has 6 nitrogen and oxygen atoms in total. The van der Waals surface area contributed by atoms with Crippen molar-refractivity contribution < 1.29 is 12.8 Å². The summed E-state index contributed by atoms with van der Waals surface area (Å²) in [4.78, 5) is 5.27. The van der Waals surface area contributed by atoms with Crippen molar-refractivity contribution in [2.45, 2.75) is 31.1 Å². The van der Waals surface area contributed by atoms with E-state index in [9.17, 15) is 12.8 Å². The van der Waals surface area contributed by atoms with Crippen LogP contribution in [0.3, 0.4) is 0 Å². The van der Waals surface area contributed by atoms with E-state index in [2.05, 4.69) is 21.7 Å². The van der Waals surface area contributed by atoms with Gasteiger partial charge in [-0.3, -0.25) is 0 Å². The van der Waals surface area contributed by atoms with Gasteiger partial charge in [-0.25, -0.2) is 22.0 Å². The van der Waals surface area contributed by atoms with Crippen LogP contribution < -0.4 is 4.72 Å². The number of hydrogen-bond acceptors (Lipinski definition) is 5. The average molecular weight is 445 g/mol.